The summed E-state index contributed by atoms with van der Waals surface area (Å²) in [6.45, 7) is 6.20. The summed E-state index contributed by atoms with van der Waals surface area (Å²) in [6.07, 6.45) is 1.36. The van der Waals surface area contributed by atoms with Gasteiger partial charge in [-0.15, -0.1) is 0 Å². The number of hydrogen-bond acceptors (Lipinski definition) is 5. The molecule has 2 amide bonds. The summed E-state index contributed by atoms with van der Waals surface area (Å²) in [5, 5.41) is 3.64. The zero-order chi connectivity index (χ0) is 27.8. The summed E-state index contributed by atoms with van der Waals surface area (Å²) >= 11 is 12.7. The largest absolute Gasteiger partial charge is 0.497 e. The maximum absolute atomic E-state index is 13.4. The van der Waals surface area contributed by atoms with Crippen molar-refractivity contribution in [2.24, 2.45) is 5.92 Å². The number of carbonyl (C=O) groups is 2. The summed E-state index contributed by atoms with van der Waals surface area (Å²) in [4.78, 5) is 27.7. The topological polar surface area (TPSA) is 96.0 Å². The van der Waals surface area contributed by atoms with Gasteiger partial charge in [0.25, 0.3) is 0 Å². The van der Waals surface area contributed by atoms with E-state index >= 15 is 0 Å². The molecule has 1 N–H and O–H groups in total. The summed E-state index contributed by atoms with van der Waals surface area (Å²) in [6, 6.07) is 11.0. The number of ether oxygens (including phenoxy) is 1. The van der Waals surface area contributed by atoms with Crippen molar-refractivity contribution in [1.29, 1.82) is 0 Å². The second-order valence-corrected chi connectivity index (χ2v) is 11.9. The van der Waals surface area contributed by atoms with Crippen molar-refractivity contribution < 1.29 is 22.7 Å². The molecule has 1 atom stereocenters. The Labute approximate surface area is 229 Å². The molecule has 0 aliphatic rings. The quantitative estimate of drug-likeness (QED) is 0.374. The number of sulfonamides is 1. The Morgan fingerprint density at radius 3 is 2.24 bits per heavy atom. The van der Waals surface area contributed by atoms with Crippen LogP contribution in [0.25, 0.3) is 0 Å². The number of halogens is 2. The molecule has 0 bridgehead atoms. The lowest BCUT2D eigenvalue weighted by Gasteiger charge is -2.30. The van der Waals surface area contributed by atoms with Gasteiger partial charge in [-0.1, -0.05) is 49.2 Å². The fraction of sp³-hybridized carbons (Fsp3) is 0.462. The molecule has 2 aromatic carbocycles. The van der Waals surface area contributed by atoms with Gasteiger partial charge in [-0.05, 0) is 43.5 Å². The monoisotopic (exact) mass is 571 g/mol. The molecule has 0 aromatic heterocycles. The molecule has 11 heteroatoms. The molecule has 0 heterocycles. The van der Waals surface area contributed by atoms with E-state index in [4.69, 9.17) is 27.9 Å². The normalized spacial score (nSPS) is 12.2. The van der Waals surface area contributed by atoms with Crippen molar-refractivity contribution >= 4 is 50.7 Å². The van der Waals surface area contributed by atoms with Crippen LogP contribution in [0.2, 0.25) is 10.0 Å². The molecule has 2 rings (SSSR count). The highest BCUT2D eigenvalue weighted by Gasteiger charge is 2.28. The van der Waals surface area contributed by atoms with Crippen molar-refractivity contribution in [3.8, 4) is 5.75 Å². The van der Waals surface area contributed by atoms with Gasteiger partial charge in [0.05, 0.1) is 19.1 Å². The average molecular weight is 573 g/mol. The second kappa shape index (κ2) is 13.9. The molecule has 0 saturated carbocycles. The highest BCUT2D eigenvalue weighted by Crippen LogP contribution is 2.27. The lowest BCUT2D eigenvalue weighted by Crippen LogP contribution is -2.48. The molecule has 2 aromatic rings. The van der Waals surface area contributed by atoms with Crippen molar-refractivity contribution in [2.45, 2.75) is 46.2 Å². The standard InChI is InChI=1S/C26H35Cl2N3O5S/c1-18(2)16-29-26(33)19(3)30(17-22-23(27)11-7-12-24(22)28)25(32)13-8-14-31(37(5,34)35)20-9-6-10-21(15-20)36-4/h6-7,9-12,15,18-19H,8,13-14,16-17H2,1-5H3,(H,29,33)/t19-/m1/s1. The van der Waals surface area contributed by atoms with Gasteiger partial charge in [0.2, 0.25) is 21.8 Å². The first-order valence-electron chi connectivity index (χ1n) is 12.0. The number of nitrogens with one attached hydrogen (secondary N) is 1. The van der Waals surface area contributed by atoms with E-state index in [0.29, 0.717) is 33.6 Å². The van der Waals surface area contributed by atoms with Crippen LogP contribution in [0.15, 0.2) is 42.5 Å². The Balaban J connectivity index is 2.22. The van der Waals surface area contributed by atoms with E-state index in [1.165, 1.54) is 16.3 Å². The van der Waals surface area contributed by atoms with Gasteiger partial charge in [0.15, 0.2) is 0 Å². The van der Waals surface area contributed by atoms with Crippen molar-refractivity contribution in [3.05, 3.63) is 58.1 Å². The van der Waals surface area contributed by atoms with E-state index in [-0.39, 0.29) is 43.7 Å². The van der Waals surface area contributed by atoms with E-state index in [9.17, 15) is 18.0 Å². The number of rotatable bonds is 13. The highest BCUT2D eigenvalue weighted by molar-refractivity contribution is 7.92. The van der Waals surface area contributed by atoms with Gasteiger partial charge < -0.3 is 15.0 Å². The number of methoxy groups -OCH3 is 1. The molecular formula is C26H35Cl2N3O5S. The Morgan fingerprint density at radius 1 is 1.05 bits per heavy atom. The lowest BCUT2D eigenvalue weighted by molar-refractivity contribution is -0.140. The maximum Gasteiger partial charge on any atom is 0.242 e. The van der Waals surface area contributed by atoms with E-state index < -0.39 is 16.1 Å². The summed E-state index contributed by atoms with van der Waals surface area (Å²) in [5.74, 6) is 0.157. The molecule has 37 heavy (non-hydrogen) atoms. The molecule has 0 unspecified atom stereocenters. The van der Waals surface area contributed by atoms with E-state index in [2.05, 4.69) is 5.32 Å². The van der Waals surface area contributed by atoms with Gasteiger partial charge in [-0.2, -0.15) is 0 Å². The molecule has 204 valence electrons. The van der Waals surface area contributed by atoms with Crippen LogP contribution in [-0.2, 0) is 26.2 Å². The minimum Gasteiger partial charge on any atom is -0.497 e. The molecule has 0 spiro atoms. The number of anilines is 1. The zero-order valence-electron chi connectivity index (χ0n) is 21.8. The SMILES string of the molecule is COc1cccc(N(CCCC(=O)N(Cc2c(Cl)cccc2Cl)[C@H](C)C(=O)NCC(C)C)S(C)(=O)=O)c1. The molecule has 8 nitrogen and oxygen atoms in total. The fourth-order valence-electron chi connectivity index (χ4n) is 3.66. The van der Waals surface area contributed by atoms with Crippen LogP contribution in [-0.4, -0.2) is 57.6 Å². The first kappa shape index (κ1) is 30.7. The molecule has 0 saturated heterocycles. The number of benzene rings is 2. The van der Waals surface area contributed by atoms with Gasteiger partial charge in [-0.25, -0.2) is 8.42 Å². The zero-order valence-corrected chi connectivity index (χ0v) is 24.2. The Bertz CT molecular complexity index is 1170. The van der Waals surface area contributed by atoms with Crippen LogP contribution in [0.5, 0.6) is 5.75 Å². The summed E-state index contributed by atoms with van der Waals surface area (Å²) in [5.41, 5.74) is 0.979. The first-order chi connectivity index (χ1) is 17.3. The Morgan fingerprint density at radius 2 is 1.68 bits per heavy atom. The van der Waals surface area contributed by atoms with Crippen LogP contribution < -0.4 is 14.4 Å². The van der Waals surface area contributed by atoms with E-state index in [1.54, 1.807) is 49.4 Å². The molecular weight excluding hydrogens is 537 g/mol. The van der Waals surface area contributed by atoms with Crippen molar-refractivity contribution in [3.63, 3.8) is 0 Å². The van der Waals surface area contributed by atoms with Gasteiger partial charge in [0, 0.05) is 47.7 Å². The van der Waals surface area contributed by atoms with E-state index in [1.807, 2.05) is 13.8 Å². The van der Waals surface area contributed by atoms with Crippen LogP contribution in [0.4, 0.5) is 5.69 Å². The smallest absolute Gasteiger partial charge is 0.242 e. The third-order valence-electron chi connectivity index (χ3n) is 5.74. The number of nitrogens with zero attached hydrogens (tertiary/aromatic N) is 2. The summed E-state index contributed by atoms with van der Waals surface area (Å²) in [7, 11) is -2.11. The van der Waals surface area contributed by atoms with Gasteiger partial charge >= 0.3 is 0 Å². The van der Waals surface area contributed by atoms with Crippen LogP contribution in [0, 0.1) is 5.92 Å². The minimum absolute atomic E-state index is 0.0138. The average Bonchev–Trinajstić information content (AvgIpc) is 2.83. The maximum atomic E-state index is 13.4. The lowest BCUT2D eigenvalue weighted by atomic mass is 10.1. The minimum atomic E-state index is -3.61. The Hall–Kier alpha value is -2.49. The number of carbonyl (C=O) groups excluding carboxylic acids is 2. The third kappa shape index (κ3) is 9.09. The van der Waals surface area contributed by atoms with E-state index in [0.717, 1.165) is 6.26 Å². The first-order valence-corrected chi connectivity index (χ1v) is 14.6. The van der Waals surface area contributed by atoms with Crippen molar-refractivity contribution in [2.75, 3.05) is 30.8 Å². The molecule has 0 fully saturated rings. The van der Waals surface area contributed by atoms with Gasteiger partial charge in [0.1, 0.15) is 11.8 Å². The number of amides is 2. The second-order valence-electron chi connectivity index (χ2n) is 9.18. The fourth-order valence-corrected chi connectivity index (χ4v) is 5.13. The third-order valence-corrected chi connectivity index (χ3v) is 7.64. The van der Waals surface area contributed by atoms with Gasteiger partial charge in [-0.3, -0.25) is 13.9 Å². The van der Waals surface area contributed by atoms with Crippen LogP contribution in [0.1, 0.15) is 39.2 Å². The Kier molecular flexibility index (Phi) is 11.5. The predicted octanol–water partition coefficient (Wildman–Crippen LogP) is 4.74. The molecule has 0 aliphatic heterocycles. The molecule has 0 radical (unpaired) electrons. The van der Waals surface area contributed by atoms with Crippen LogP contribution >= 0.6 is 23.2 Å². The number of hydrogen-bond donors (Lipinski definition) is 1. The molecule has 0 aliphatic carbocycles. The van der Waals surface area contributed by atoms with Crippen molar-refractivity contribution in [1.82, 2.24) is 10.2 Å². The predicted molar refractivity (Wildman–Crippen MR) is 149 cm³/mol. The summed E-state index contributed by atoms with van der Waals surface area (Å²) < 4.78 is 31.4. The highest BCUT2D eigenvalue weighted by atomic mass is 35.5. The van der Waals surface area contributed by atoms with Crippen LogP contribution in [0.3, 0.4) is 0 Å².